The fraction of sp³-hybridized carbons (Fsp3) is 0.321. The summed E-state index contributed by atoms with van der Waals surface area (Å²) in [5, 5.41) is 5.58. The fourth-order valence-corrected chi connectivity index (χ4v) is 4.67. The molecule has 0 aliphatic heterocycles. The molecule has 4 rings (SSSR count). The molecule has 0 saturated heterocycles. The molecule has 1 aromatic heterocycles. The summed E-state index contributed by atoms with van der Waals surface area (Å²) >= 11 is 0. The van der Waals surface area contributed by atoms with E-state index in [9.17, 15) is 14.4 Å². The summed E-state index contributed by atoms with van der Waals surface area (Å²) in [5.74, 6) is -2.11. The van der Waals surface area contributed by atoms with E-state index in [0.717, 1.165) is 36.8 Å². The van der Waals surface area contributed by atoms with Crippen LogP contribution in [-0.4, -0.2) is 30.3 Å². The number of benzene rings is 2. The number of halogens is 1. The van der Waals surface area contributed by atoms with Gasteiger partial charge in [0.05, 0.1) is 12.8 Å². The molecule has 1 aliphatic carbocycles. The summed E-state index contributed by atoms with van der Waals surface area (Å²) in [4.78, 5) is 41.1. The minimum Gasteiger partial charge on any atom is -0.459 e. The number of carbonyl (C=O) groups is 3. The first kappa shape index (κ1) is 25.2. The van der Waals surface area contributed by atoms with E-state index in [2.05, 4.69) is 10.6 Å². The van der Waals surface area contributed by atoms with Crippen molar-refractivity contribution in [3.8, 4) is 0 Å². The van der Waals surface area contributed by atoms with Crippen molar-refractivity contribution in [1.29, 1.82) is 0 Å². The first-order chi connectivity index (χ1) is 17.3. The average Bonchev–Trinajstić information content (AvgIpc) is 3.57. The van der Waals surface area contributed by atoms with Crippen molar-refractivity contribution in [1.82, 2.24) is 10.6 Å². The zero-order chi connectivity index (χ0) is 25.7. The number of nitrogens with one attached hydrogen (secondary N) is 2. The first-order valence-electron chi connectivity index (χ1n) is 12.1. The minimum absolute atomic E-state index is 0.0264. The van der Waals surface area contributed by atoms with Crippen LogP contribution in [0.1, 0.15) is 59.0 Å². The third-order valence-electron chi connectivity index (χ3n) is 6.43. The second-order valence-electron chi connectivity index (χ2n) is 9.13. The Morgan fingerprint density at radius 2 is 1.81 bits per heavy atom. The van der Waals surface area contributed by atoms with Gasteiger partial charge in [-0.15, -0.1) is 0 Å². The third-order valence-corrected chi connectivity index (χ3v) is 6.43. The molecule has 1 saturated carbocycles. The first-order valence-corrected chi connectivity index (χ1v) is 12.1. The fourth-order valence-electron chi connectivity index (χ4n) is 4.67. The van der Waals surface area contributed by atoms with E-state index < -0.39 is 36.1 Å². The lowest BCUT2D eigenvalue weighted by Gasteiger charge is -2.33. The Bertz CT molecular complexity index is 1240. The molecule has 0 radical (unpaired) electrons. The van der Waals surface area contributed by atoms with E-state index in [1.54, 1.807) is 18.2 Å². The number of aryl methyl sites for hydroxylation is 2. The summed E-state index contributed by atoms with van der Waals surface area (Å²) in [6, 6.07) is 13.2. The van der Waals surface area contributed by atoms with Crippen LogP contribution in [-0.2, 0) is 9.59 Å². The molecule has 7 nitrogen and oxygen atoms in total. The SMILES string of the molecule is Cc1ccc(N(C(=O)CNC(=O)c2ccco2)[C@H](C(=O)NC2CCCC2)c2ccccc2F)c(C)c1. The lowest BCUT2D eigenvalue weighted by atomic mass is 10.00. The van der Waals surface area contributed by atoms with Crippen molar-refractivity contribution in [2.24, 2.45) is 0 Å². The summed E-state index contributed by atoms with van der Waals surface area (Å²) in [6.07, 6.45) is 5.06. The van der Waals surface area contributed by atoms with Gasteiger partial charge >= 0.3 is 0 Å². The summed E-state index contributed by atoms with van der Waals surface area (Å²) < 4.78 is 20.2. The number of hydrogen-bond acceptors (Lipinski definition) is 4. The Morgan fingerprint density at radius 3 is 2.47 bits per heavy atom. The number of nitrogens with zero attached hydrogens (tertiary/aromatic N) is 1. The van der Waals surface area contributed by atoms with Gasteiger partial charge in [-0.2, -0.15) is 0 Å². The van der Waals surface area contributed by atoms with E-state index >= 15 is 4.39 Å². The number of carbonyl (C=O) groups excluding carboxylic acids is 3. The average molecular weight is 492 g/mol. The number of anilines is 1. The Balaban J connectivity index is 1.73. The quantitative estimate of drug-likeness (QED) is 0.482. The molecular formula is C28H30FN3O4. The largest absolute Gasteiger partial charge is 0.459 e. The van der Waals surface area contributed by atoms with Gasteiger partial charge in [-0.25, -0.2) is 4.39 Å². The van der Waals surface area contributed by atoms with Gasteiger partial charge in [-0.3, -0.25) is 19.3 Å². The van der Waals surface area contributed by atoms with Crippen LogP contribution in [0, 0.1) is 19.7 Å². The Hall–Kier alpha value is -3.94. The van der Waals surface area contributed by atoms with Gasteiger partial charge in [0, 0.05) is 17.3 Å². The number of rotatable bonds is 8. The maximum Gasteiger partial charge on any atom is 0.287 e. The smallest absolute Gasteiger partial charge is 0.287 e. The van der Waals surface area contributed by atoms with Crippen LogP contribution in [0.3, 0.4) is 0 Å². The van der Waals surface area contributed by atoms with Crippen LogP contribution < -0.4 is 15.5 Å². The Kier molecular flexibility index (Phi) is 7.83. The maximum atomic E-state index is 15.1. The molecule has 1 atom stereocenters. The maximum absolute atomic E-state index is 15.1. The molecule has 3 aromatic rings. The highest BCUT2D eigenvalue weighted by Crippen LogP contribution is 2.33. The lowest BCUT2D eigenvalue weighted by molar-refractivity contribution is -0.126. The second kappa shape index (κ2) is 11.2. The van der Waals surface area contributed by atoms with E-state index in [-0.39, 0.29) is 17.4 Å². The van der Waals surface area contributed by atoms with Crippen LogP contribution in [0.25, 0.3) is 0 Å². The van der Waals surface area contributed by atoms with Crippen molar-refractivity contribution in [2.45, 2.75) is 51.6 Å². The molecule has 1 heterocycles. The molecule has 36 heavy (non-hydrogen) atoms. The zero-order valence-electron chi connectivity index (χ0n) is 20.4. The molecule has 0 spiro atoms. The van der Waals surface area contributed by atoms with Crippen LogP contribution in [0.2, 0.25) is 0 Å². The highest BCUT2D eigenvalue weighted by Gasteiger charge is 2.36. The van der Waals surface area contributed by atoms with E-state index in [0.29, 0.717) is 5.69 Å². The molecule has 1 fully saturated rings. The van der Waals surface area contributed by atoms with Crippen molar-refractivity contribution < 1.29 is 23.2 Å². The van der Waals surface area contributed by atoms with Crippen molar-refractivity contribution >= 4 is 23.4 Å². The van der Waals surface area contributed by atoms with Gasteiger partial charge in [-0.1, -0.05) is 48.7 Å². The molecule has 8 heteroatoms. The predicted molar refractivity (Wildman–Crippen MR) is 134 cm³/mol. The van der Waals surface area contributed by atoms with Crippen molar-refractivity contribution in [3.05, 3.63) is 89.1 Å². The molecule has 2 aromatic carbocycles. The van der Waals surface area contributed by atoms with Gasteiger partial charge in [-0.05, 0) is 56.5 Å². The van der Waals surface area contributed by atoms with Crippen molar-refractivity contribution in [3.63, 3.8) is 0 Å². The van der Waals surface area contributed by atoms with Gasteiger partial charge < -0.3 is 15.1 Å². The van der Waals surface area contributed by atoms with Gasteiger partial charge in [0.2, 0.25) is 11.8 Å². The molecule has 0 bridgehead atoms. The topological polar surface area (TPSA) is 91.7 Å². The van der Waals surface area contributed by atoms with E-state index in [1.807, 2.05) is 26.0 Å². The van der Waals surface area contributed by atoms with Gasteiger partial charge in [0.15, 0.2) is 5.76 Å². The molecule has 3 amide bonds. The minimum atomic E-state index is -1.26. The van der Waals surface area contributed by atoms with Gasteiger partial charge in [0.1, 0.15) is 11.9 Å². The number of amides is 3. The highest BCUT2D eigenvalue weighted by atomic mass is 19.1. The molecule has 188 valence electrons. The molecule has 1 aliphatic rings. The number of furan rings is 1. The van der Waals surface area contributed by atoms with Crippen LogP contribution in [0.4, 0.5) is 10.1 Å². The normalized spacial score (nSPS) is 14.3. The van der Waals surface area contributed by atoms with Crippen LogP contribution >= 0.6 is 0 Å². The lowest BCUT2D eigenvalue weighted by Crippen LogP contribution is -2.49. The summed E-state index contributed by atoms with van der Waals surface area (Å²) in [7, 11) is 0. The van der Waals surface area contributed by atoms with E-state index in [1.165, 1.54) is 35.4 Å². The standard InChI is InChI=1S/C28H30FN3O4/c1-18-13-14-23(19(2)16-18)32(25(33)17-30-27(34)24-12-7-15-36-24)26(21-10-5-6-11-22(21)29)28(35)31-20-8-3-4-9-20/h5-7,10-16,20,26H,3-4,8-9,17H2,1-2H3,(H,30,34)(H,31,35)/t26-/m0/s1. The molecule has 2 N–H and O–H groups in total. The number of hydrogen-bond donors (Lipinski definition) is 2. The van der Waals surface area contributed by atoms with Crippen molar-refractivity contribution in [2.75, 3.05) is 11.4 Å². The molecule has 0 unspecified atom stereocenters. The van der Waals surface area contributed by atoms with Crippen LogP contribution in [0.15, 0.2) is 65.3 Å². The van der Waals surface area contributed by atoms with Crippen LogP contribution in [0.5, 0.6) is 0 Å². The summed E-state index contributed by atoms with van der Waals surface area (Å²) in [6.45, 7) is 3.35. The highest BCUT2D eigenvalue weighted by molar-refractivity contribution is 6.04. The van der Waals surface area contributed by atoms with Gasteiger partial charge in [0.25, 0.3) is 5.91 Å². The third kappa shape index (κ3) is 5.64. The Labute approximate surface area is 209 Å². The second-order valence-corrected chi connectivity index (χ2v) is 9.13. The Morgan fingerprint density at radius 1 is 1.06 bits per heavy atom. The van der Waals surface area contributed by atoms with E-state index in [4.69, 9.17) is 4.42 Å². The monoisotopic (exact) mass is 491 g/mol. The molecular weight excluding hydrogens is 461 g/mol. The zero-order valence-corrected chi connectivity index (χ0v) is 20.4. The summed E-state index contributed by atoms with van der Waals surface area (Å²) in [5.41, 5.74) is 2.27. The predicted octanol–water partition coefficient (Wildman–Crippen LogP) is 4.60.